The number of nitrogens with zero attached hydrogens (tertiary/aromatic N) is 5. The van der Waals surface area contributed by atoms with Crippen LogP contribution in [0.15, 0.2) is 48.2 Å². The molecule has 0 radical (unpaired) electrons. The summed E-state index contributed by atoms with van der Waals surface area (Å²) in [5.74, 6) is 0.502. The molecule has 0 aliphatic carbocycles. The highest BCUT2D eigenvalue weighted by molar-refractivity contribution is 5.65. The predicted octanol–water partition coefficient (Wildman–Crippen LogP) is 2.18. The molecule has 7 nitrogen and oxygen atoms in total. The highest BCUT2D eigenvalue weighted by Crippen LogP contribution is 2.27. The number of nitriles is 3. The molecule has 0 aliphatic rings. The minimum atomic E-state index is -0.283. The van der Waals surface area contributed by atoms with Crippen molar-refractivity contribution in [1.29, 1.82) is 15.8 Å². The van der Waals surface area contributed by atoms with Crippen molar-refractivity contribution in [3.63, 3.8) is 0 Å². The molecule has 0 saturated heterocycles. The molecular weight excluding hydrogens is 292 g/mol. The Labute approximate surface area is 133 Å². The molecule has 23 heavy (non-hydrogen) atoms. The lowest BCUT2D eigenvalue weighted by molar-refractivity contribution is 0.416. The van der Waals surface area contributed by atoms with Crippen molar-refractivity contribution in [3.8, 4) is 24.0 Å². The second-order valence-electron chi connectivity index (χ2n) is 4.48. The number of rotatable bonds is 5. The number of anilines is 1. The van der Waals surface area contributed by atoms with Crippen LogP contribution >= 0.6 is 0 Å². The van der Waals surface area contributed by atoms with E-state index in [4.69, 9.17) is 20.5 Å². The fraction of sp³-hybridized carbons (Fsp3) is 0.125. The molecule has 1 aromatic heterocycles. The van der Waals surface area contributed by atoms with Crippen LogP contribution in [0.5, 0.6) is 5.75 Å². The summed E-state index contributed by atoms with van der Waals surface area (Å²) in [5.41, 5.74) is 1.05. The third-order valence-electron chi connectivity index (χ3n) is 3.03. The van der Waals surface area contributed by atoms with Crippen molar-refractivity contribution >= 4 is 5.69 Å². The van der Waals surface area contributed by atoms with Crippen LogP contribution in [-0.4, -0.2) is 16.7 Å². The zero-order chi connectivity index (χ0) is 16.7. The van der Waals surface area contributed by atoms with Gasteiger partial charge in [-0.1, -0.05) is 6.07 Å². The van der Waals surface area contributed by atoms with Crippen molar-refractivity contribution in [2.75, 3.05) is 12.4 Å². The van der Waals surface area contributed by atoms with Crippen molar-refractivity contribution in [2.45, 2.75) is 6.54 Å². The first-order valence-electron chi connectivity index (χ1n) is 6.56. The molecule has 112 valence electrons. The number of benzene rings is 1. The van der Waals surface area contributed by atoms with E-state index in [0.29, 0.717) is 18.0 Å². The van der Waals surface area contributed by atoms with Crippen LogP contribution in [0.25, 0.3) is 0 Å². The highest BCUT2D eigenvalue weighted by atomic mass is 16.5. The van der Waals surface area contributed by atoms with E-state index in [2.05, 4.69) is 10.3 Å². The van der Waals surface area contributed by atoms with Crippen LogP contribution in [0.4, 0.5) is 5.69 Å². The summed E-state index contributed by atoms with van der Waals surface area (Å²) in [4.78, 5) is 3.98. The minimum Gasteiger partial charge on any atom is -0.495 e. The van der Waals surface area contributed by atoms with E-state index in [0.717, 1.165) is 5.56 Å². The fourth-order valence-electron chi connectivity index (χ4n) is 1.96. The summed E-state index contributed by atoms with van der Waals surface area (Å²) in [6, 6.07) is 10.6. The lowest BCUT2D eigenvalue weighted by Gasteiger charge is -2.12. The predicted molar refractivity (Wildman–Crippen MR) is 81.8 cm³/mol. The van der Waals surface area contributed by atoms with Crippen LogP contribution < -0.4 is 10.1 Å². The molecule has 1 heterocycles. The number of hydrogen-bond acceptors (Lipinski definition) is 6. The van der Waals surface area contributed by atoms with Crippen molar-refractivity contribution < 1.29 is 4.74 Å². The number of imidazole rings is 1. The van der Waals surface area contributed by atoms with E-state index in [1.165, 1.54) is 7.11 Å². The minimum absolute atomic E-state index is 0.118. The van der Waals surface area contributed by atoms with Gasteiger partial charge in [-0.3, -0.25) is 0 Å². The second-order valence-corrected chi connectivity index (χ2v) is 4.48. The number of aromatic nitrogens is 2. The standard InChI is InChI=1S/C16H12N6O/c1-23-16-3-2-12(10-22-5-4-20-11-22)6-14(16)21-15(9-19)13(7-17)8-18/h2-6,11,21H,10H2,1H3. The van der Waals surface area contributed by atoms with Gasteiger partial charge in [-0.15, -0.1) is 0 Å². The first-order valence-corrected chi connectivity index (χ1v) is 6.56. The van der Waals surface area contributed by atoms with Crippen LogP contribution in [0.3, 0.4) is 0 Å². The van der Waals surface area contributed by atoms with Gasteiger partial charge in [-0.25, -0.2) is 4.98 Å². The fourth-order valence-corrected chi connectivity index (χ4v) is 1.96. The maximum atomic E-state index is 9.13. The van der Waals surface area contributed by atoms with Crippen molar-refractivity contribution in [1.82, 2.24) is 9.55 Å². The molecule has 0 unspecified atom stereocenters. The van der Waals surface area contributed by atoms with Crippen molar-refractivity contribution in [3.05, 3.63) is 53.8 Å². The summed E-state index contributed by atoms with van der Waals surface area (Å²) < 4.78 is 7.14. The Bertz CT molecular complexity index is 830. The van der Waals surface area contributed by atoms with E-state index in [1.54, 1.807) is 36.8 Å². The number of hydrogen-bond donors (Lipinski definition) is 1. The molecule has 0 fully saturated rings. The second kappa shape index (κ2) is 7.31. The van der Waals surface area contributed by atoms with Gasteiger partial charge in [0.05, 0.1) is 19.1 Å². The normalized spacial score (nSPS) is 9.13. The van der Waals surface area contributed by atoms with E-state index in [1.807, 2.05) is 22.9 Å². The van der Waals surface area contributed by atoms with Gasteiger partial charge in [0.15, 0.2) is 5.57 Å². The molecule has 2 rings (SSSR count). The SMILES string of the molecule is COc1ccc(Cn2ccnc2)cc1NC(C#N)=C(C#N)C#N. The molecule has 0 aliphatic heterocycles. The molecular formula is C16H12N6O. The average molecular weight is 304 g/mol. The maximum Gasteiger partial charge on any atom is 0.163 e. The monoisotopic (exact) mass is 304 g/mol. The lowest BCUT2D eigenvalue weighted by atomic mass is 10.1. The Balaban J connectivity index is 2.37. The third kappa shape index (κ3) is 3.66. The first kappa shape index (κ1) is 15.6. The molecule has 0 amide bonds. The Morgan fingerprint density at radius 2 is 2.04 bits per heavy atom. The molecule has 1 aromatic carbocycles. The topological polar surface area (TPSA) is 110 Å². The van der Waals surface area contributed by atoms with E-state index in [9.17, 15) is 0 Å². The van der Waals surface area contributed by atoms with Crippen LogP contribution in [0, 0.1) is 34.0 Å². The highest BCUT2D eigenvalue weighted by Gasteiger charge is 2.10. The maximum absolute atomic E-state index is 9.13. The van der Waals surface area contributed by atoms with Crippen molar-refractivity contribution in [2.24, 2.45) is 0 Å². The summed E-state index contributed by atoms with van der Waals surface area (Å²) in [6.45, 7) is 0.591. The quantitative estimate of drug-likeness (QED) is 0.847. The molecule has 1 N–H and O–H groups in total. The van der Waals surface area contributed by atoms with Gasteiger partial charge in [-0.2, -0.15) is 15.8 Å². The number of methoxy groups -OCH3 is 1. The zero-order valence-electron chi connectivity index (χ0n) is 12.3. The molecule has 0 spiro atoms. The smallest absolute Gasteiger partial charge is 0.163 e. The van der Waals surface area contributed by atoms with E-state index >= 15 is 0 Å². The summed E-state index contributed by atoms with van der Waals surface area (Å²) in [7, 11) is 1.50. The Morgan fingerprint density at radius 3 is 2.61 bits per heavy atom. The molecule has 0 saturated carbocycles. The molecule has 0 bridgehead atoms. The number of ether oxygens (including phenoxy) is 1. The van der Waals surface area contributed by atoms with Crippen LogP contribution in [0.2, 0.25) is 0 Å². The number of nitrogens with one attached hydrogen (secondary N) is 1. The van der Waals surface area contributed by atoms with Gasteiger partial charge in [0.1, 0.15) is 29.7 Å². The average Bonchev–Trinajstić information content (AvgIpc) is 3.08. The first-order chi connectivity index (χ1) is 11.2. The Kier molecular flexibility index (Phi) is 4.96. The van der Waals surface area contributed by atoms with Crippen LogP contribution in [0.1, 0.15) is 5.56 Å². The van der Waals surface area contributed by atoms with E-state index < -0.39 is 0 Å². The third-order valence-corrected chi connectivity index (χ3v) is 3.03. The largest absolute Gasteiger partial charge is 0.495 e. The summed E-state index contributed by atoms with van der Waals surface area (Å²) in [5, 5.41) is 29.7. The summed E-state index contributed by atoms with van der Waals surface area (Å²) in [6.07, 6.45) is 5.22. The summed E-state index contributed by atoms with van der Waals surface area (Å²) >= 11 is 0. The molecule has 7 heteroatoms. The zero-order valence-corrected chi connectivity index (χ0v) is 12.3. The lowest BCUT2D eigenvalue weighted by Crippen LogP contribution is -2.04. The molecule has 0 atom stereocenters. The van der Waals surface area contributed by atoms with Gasteiger partial charge in [0, 0.05) is 18.9 Å². The van der Waals surface area contributed by atoms with Crippen LogP contribution in [-0.2, 0) is 6.54 Å². The van der Waals surface area contributed by atoms with Gasteiger partial charge < -0.3 is 14.6 Å². The van der Waals surface area contributed by atoms with Gasteiger partial charge >= 0.3 is 0 Å². The molecule has 2 aromatic rings. The Morgan fingerprint density at radius 1 is 1.26 bits per heavy atom. The van der Waals surface area contributed by atoms with Gasteiger partial charge in [-0.05, 0) is 17.7 Å². The number of allylic oxidation sites excluding steroid dienone is 2. The van der Waals surface area contributed by atoms with Gasteiger partial charge in [0.2, 0.25) is 0 Å². The Hall–Kier alpha value is -3.76. The van der Waals surface area contributed by atoms with Gasteiger partial charge in [0.25, 0.3) is 0 Å². The van der Waals surface area contributed by atoms with E-state index in [-0.39, 0.29) is 11.3 Å².